The molecule has 0 amide bonds. The number of rotatable bonds is 4. The van der Waals surface area contributed by atoms with Crippen molar-refractivity contribution < 1.29 is 0 Å². The summed E-state index contributed by atoms with van der Waals surface area (Å²) in [6.07, 6.45) is 0. The third-order valence-corrected chi connectivity index (χ3v) is 4.71. The maximum Gasteiger partial charge on any atom is -0.0112 e. The Hall–Kier alpha value is -1.30. The molecule has 0 nitrogen and oxygen atoms in total. The summed E-state index contributed by atoms with van der Waals surface area (Å²) in [6.45, 7) is 18.7. The van der Waals surface area contributed by atoms with Gasteiger partial charge in [0.25, 0.3) is 0 Å². The Labute approximate surface area is 136 Å². The van der Waals surface area contributed by atoms with E-state index in [0.29, 0.717) is 23.7 Å². The summed E-state index contributed by atoms with van der Waals surface area (Å²) in [5.74, 6) is 2.26. The fourth-order valence-corrected chi connectivity index (χ4v) is 3.76. The maximum absolute atomic E-state index is 2.45. The van der Waals surface area contributed by atoms with Crippen LogP contribution in [0.3, 0.4) is 0 Å². The lowest BCUT2D eigenvalue weighted by molar-refractivity contribution is 0.753. The van der Waals surface area contributed by atoms with Crippen LogP contribution < -0.4 is 0 Å². The highest BCUT2D eigenvalue weighted by Gasteiger charge is 2.21. The van der Waals surface area contributed by atoms with E-state index in [4.69, 9.17) is 0 Å². The second kappa shape index (κ2) is 6.44. The van der Waals surface area contributed by atoms with Crippen molar-refractivity contribution in [3.63, 3.8) is 0 Å². The molecule has 0 bridgehead atoms. The predicted octanol–water partition coefficient (Wildman–Crippen LogP) is 7.33. The Balaban J connectivity index is 3.02. The van der Waals surface area contributed by atoms with Gasteiger partial charge in [-0.3, -0.25) is 0 Å². The molecule has 0 heterocycles. The van der Waals surface area contributed by atoms with Crippen molar-refractivity contribution in [1.29, 1.82) is 0 Å². The molecule has 0 aliphatic rings. The smallest absolute Gasteiger partial charge is 0.0112 e. The molecule has 0 saturated carbocycles. The first-order valence-electron chi connectivity index (χ1n) is 8.84. The normalized spacial score (nSPS) is 12.4. The molecule has 0 radical (unpaired) electrons. The van der Waals surface area contributed by atoms with Crippen LogP contribution in [-0.4, -0.2) is 0 Å². The number of hydrogen-bond donors (Lipinski definition) is 0. The van der Waals surface area contributed by atoms with E-state index < -0.39 is 0 Å². The van der Waals surface area contributed by atoms with Crippen LogP contribution >= 0.6 is 0 Å². The van der Waals surface area contributed by atoms with Crippen LogP contribution in [0.1, 0.15) is 101 Å². The van der Waals surface area contributed by atoms with Gasteiger partial charge in [-0.25, -0.2) is 0 Å². The van der Waals surface area contributed by atoms with Gasteiger partial charge in [-0.05, 0) is 56.7 Å². The lowest BCUT2D eigenvalue weighted by Gasteiger charge is -2.27. The molecule has 2 rings (SSSR count). The minimum atomic E-state index is 0.554. The molecule has 22 heavy (non-hydrogen) atoms. The SMILES string of the molecule is CC(C)c1cc2cccc(C(C)C)c2c(C(C)C)c1C(C)C. The Morgan fingerprint density at radius 1 is 0.591 bits per heavy atom. The lowest BCUT2D eigenvalue weighted by atomic mass is 9.78. The van der Waals surface area contributed by atoms with E-state index in [1.807, 2.05) is 0 Å². The number of fused-ring (bicyclic) bond motifs is 1. The molecule has 0 saturated heterocycles. The van der Waals surface area contributed by atoms with Crippen LogP contribution in [0.2, 0.25) is 0 Å². The van der Waals surface area contributed by atoms with Gasteiger partial charge in [0.15, 0.2) is 0 Å². The van der Waals surface area contributed by atoms with E-state index in [9.17, 15) is 0 Å². The summed E-state index contributed by atoms with van der Waals surface area (Å²) >= 11 is 0. The molecule has 0 N–H and O–H groups in total. The first kappa shape index (κ1) is 17.1. The van der Waals surface area contributed by atoms with Crippen LogP contribution in [0, 0.1) is 0 Å². The van der Waals surface area contributed by atoms with E-state index in [-0.39, 0.29) is 0 Å². The Morgan fingerprint density at radius 2 is 1.14 bits per heavy atom. The van der Waals surface area contributed by atoms with Gasteiger partial charge in [0.2, 0.25) is 0 Å². The van der Waals surface area contributed by atoms with E-state index in [1.165, 1.54) is 21.9 Å². The van der Waals surface area contributed by atoms with Gasteiger partial charge in [0, 0.05) is 0 Å². The summed E-state index contributed by atoms with van der Waals surface area (Å²) < 4.78 is 0. The zero-order chi connectivity index (χ0) is 16.6. The third-order valence-electron chi connectivity index (χ3n) is 4.71. The van der Waals surface area contributed by atoms with Crippen molar-refractivity contribution in [2.24, 2.45) is 0 Å². The topological polar surface area (TPSA) is 0 Å². The minimum Gasteiger partial charge on any atom is -0.0613 e. The second-order valence-electron chi connectivity index (χ2n) is 7.86. The monoisotopic (exact) mass is 296 g/mol. The number of benzene rings is 2. The average Bonchev–Trinajstić information content (AvgIpc) is 2.43. The first-order chi connectivity index (χ1) is 10.3. The molecule has 0 aliphatic heterocycles. The van der Waals surface area contributed by atoms with E-state index in [1.54, 1.807) is 11.1 Å². The zero-order valence-electron chi connectivity index (χ0n) is 15.6. The zero-order valence-corrected chi connectivity index (χ0v) is 15.6. The molecule has 120 valence electrons. The van der Waals surface area contributed by atoms with Crippen molar-refractivity contribution in [3.8, 4) is 0 Å². The molecule has 0 aromatic heterocycles. The van der Waals surface area contributed by atoms with Crippen LogP contribution in [0.5, 0.6) is 0 Å². The van der Waals surface area contributed by atoms with Crippen molar-refractivity contribution in [3.05, 3.63) is 46.5 Å². The molecule has 0 heteroatoms. The molecule has 0 atom stereocenters. The summed E-state index contributed by atoms with van der Waals surface area (Å²) in [4.78, 5) is 0. The second-order valence-corrected chi connectivity index (χ2v) is 7.86. The van der Waals surface area contributed by atoms with Gasteiger partial charge in [-0.15, -0.1) is 0 Å². The fourth-order valence-electron chi connectivity index (χ4n) is 3.76. The highest BCUT2D eigenvalue weighted by molar-refractivity contribution is 5.92. The Bertz CT molecular complexity index is 657. The molecular weight excluding hydrogens is 264 g/mol. The molecule has 2 aromatic carbocycles. The van der Waals surface area contributed by atoms with Gasteiger partial charge >= 0.3 is 0 Å². The molecule has 2 aromatic rings. The van der Waals surface area contributed by atoms with Gasteiger partial charge in [0.05, 0.1) is 0 Å². The molecule has 0 spiro atoms. The van der Waals surface area contributed by atoms with E-state index in [0.717, 1.165) is 0 Å². The minimum absolute atomic E-state index is 0.554. The quantitative estimate of drug-likeness (QED) is 0.554. The largest absolute Gasteiger partial charge is 0.0613 e. The third kappa shape index (κ3) is 2.93. The van der Waals surface area contributed by atoms with E-state index in [2.05, 4.69) is 79.7 Å². The van der Waals surface area contributed by atoms with Crippen molar-refractivity contribution in [2.75, 3.05) is 0 Å². The highest BCUT2D eigenvalue weighted by Crippen LogP contribution is 2.41. The lowest BCUT2D eigenvalue weighted by Crippen LogP contribution is -2.08. The molecule has 0 fully saturated rings. The Kier molecular flexibility index (Phi) is 5.00. The summed E-state index contributed by atoms with van der Waals surface area (Å²) in [5.41, 5.74) is 6.21. The van der Waals surface area contributed by atoms with Gasteiger partial charge in [-0.2, -0.15) is 0 Å². The van der Waals surface area contributed by atoms with Crippen molar-refractivity contribution in [1.82, 2.24) is 0 Å². The molecular formula is C22H32. The summed E-state index contributed by atoms with van der Waals surface area (Å²) in [7, 11) is 0. The summed E-state index contributed by atoms with van der Waals surface area (Å²) in [5, 5.41) is 2.93. The maximum atomic E-state index is 2.45. The predicted molar refractivity (Wildman–Crippen MR) is 100 cm³/mol. The molecule has 0 aliphatic carbocycles. The van der Waals surface area contributed by atoms with Crippen molar-refractivity contribution >= 4 is 10.8 Å². The highest BCUT2D eigenvalue weighted by atomic mass is 14.3. The fraction of sp³-hybridized carbons (Fsp3) is 0.545. The van der Waals surface area contributed by atoms with Crippen LogP contribution in [0.25, 0.3) is 10.8 Å². The van der Waals surface area contributed by atoms with Crippen molar-refractivity contribution in [2.45, 2.75) is 79.1 Å². The van der Waals surface area contributed by atoms with Gasteiger partial charge in [-0.1, -0.05) is 79.7 Å². The molecule has 0 unspecified atom stereocenters. The summed E-state index contributed by atoms with van der Waals surface area (Å²) in [6, 6.07) is 9.29. The van der Waals surface area contributed by atoms with Gasteiger partial charge < -0.3 is 0 Å². The van der Waals surface area contributed by atoms with Crippen LogP contribution in [0.15, 0.2) is 24.3 Å². The number of hydrogen-bond acceptors (Lipinski definition) is 0. The first-order valence-corrected chi connectivity index (χ1v) is 8.84. The van der Waals surface area contributed by atoms with Crippen LogP contribution in [0.4, 0.5) is 0 Å². The Morgan fingerprint density at radius 3 is 1.59 bits per heavy atom. The van der Waals surface area contributed by atoms with Gasteiger partial charge in [0.1, 0.15) is 0 Å². The standard InChI is InChI=1S/C22H32/c1-13(2)18-11-9-10-17-12-19(14(3)4)20(15(5)6)21(16(7)8)22(17)18/h9-16H,1-8H3. The average molecular weight is 296 g/mol. The van der Waals surface area contributed by atoms with Crippen LogP contribution in [-0.2, 0) is 0 Å². The van der Waals surface area contributed by atoms with E-state index >= 15 is 0 Å².